The first-order valence-corrected chi connectivity index (χ1v) is 26.9. The van der Waals surface area contributed by atoms with Gasteiger partial charge in [0.15, 0.2) is 0 Å². The molecule has 1 aliphatic rings. The first kappa shape index (κ1) is 34.7. The SMILES string of the molecule is CCCCC(CC)CC1(CC(CC)CCCC)c2ccsc2-c2s[c]([Sn]([CH2]CCC)([CH2]CCC)[CH2]CCC)cc21. The van der Waals surface area contributed by atoms with Crippen LogP contribution in [0.1, 0.15) is 162 Å². The summed E-state index contributed by atoms with van der Waals surface area (Å²) in [6, 6.07) is 5.51. The first-order valence-electron chi connectivity index (χ1n) is 17.7. The van der Waals surface area contributed by atoms with Gasteiger partial charge in [-0.15, -0.1) is 0 Å². The topological polar surface area (TPSA) is 0 Å². The van der Waals surface area contributed by atoms with Gasteiger partial charge in [0.2, 0.25) is 0 Å². The van der Waals surface area contributed by atoms with E-state index in [1.807, 2.05) is 8.46 Å². The van der Waals surface area contributed by atoms with Crippen LogP contribution in [0.25, 0.3) is 9.75 Å². The molecule has 228 valence electrons. The predicted molar refractivity (Wildman–Crippen MR) is 189 cm³/mol. The van der Waals surface area contributed by atoms with Crippen molar-refractivity contribution in [1.29, 1.82) is 0 Å². The molecule has 0 nitrogen and oxygen atoms in total. The quantitative estimate of drug-likeness (QED) is 0.108. The first-order chi connectivity index (χ1) is 19.5. The van der Waals surface area contributed by atoms with Gasteiger partial charge in [0, 0.05) is 0 Å². The molecular weight excluding hydrogens is 627 g/mol. The van der Waals surface area contributed by atoms with Gasteiger partial charge in [-0.3, -0.25) is 0 Å². The van der Waals surface area contributed by atoms with Gasteiger partial charge in [0.05, 0.1) is 0 Å². The van der Waals surface area contributed by atoms with E-state index in [-0.39, 0.29) is 5.41 Å². The molecule has 0 spiro atoms. The van der Waals surface area contributed by atoms with Crippen molar-refractivity contribution in [2.24, 2.45) is 11.8 Å². The van der Waals surface area contributed by atoms with Crippen LogP contribution in [0.15, 0.2) is 17.5 Å². The van der Waals surface area contributed by atoms with Crippen LogP contribution in [0.2, 0.25) is 13.3 Å². The van der Waals surface area contributed by atoms with Gasteiger partial charge in [-0.05, 0) is 0 Å². The Balaban J connectivity index is 2.18. The van der Waals surface area contributed by atoms with E-state index < -0.39 is 18.4 Å². The molecule has 0 radical (unpaired) electrons. The average molecular weight is 692 g/mol. The molecule has 0 aromatic carbocycles. The molecule has 1 aliphatic carbocycles. The van der Waals surface area contributed by atoms with Crippen molar-refractivity contribution in [1.82, 2.24) is 0 Å². The monoisotopic (exact) mass is 692 g/mol. The van der Waals surface area contributed by atoms with Crippen molar-refractivity contribution >= 4 is 43.9 Å². The molecule has 0 saturated heterocycles. The van der Waals surface area contributed by atoms with Crippen LogP contribution in [0.3, 0.4) is 0 Å². The van der Waals surface area contributed by atoms with Gasteiger partial charge in [-0.25, -0.2) is 0 Å². The van der Waals surface area contributed by atoms with Gasteiger partial charge < -0.3 is 0 Å². The summed E-state index contributed by atoms with van der Waals surface area (Å²) >= 11 is 1.94. The number of thiophene rings is 2. The summed E-state index contributed by atoms with van der Waals surface area (Å²) in [7, 11) is 0. The van der Waals surface area contributed by atoms with Crippen LogP contribution >= 0.6 is 22.7 Å². The van der Waals surface area contributed by atoms with E-state index in [4.69, 9.17) is 0 Å². The van der Waals surface area contributed by atoms with E-state index in [2.05, 4.69) is 88.7 Å². The molecule has 0 amide bonds. The van der Waals surface area contributed by atoms with Crippen molar-refractivity contribution in [3.8, 4) is 9.75 Å². The van der Waals surface area contributed by atoms with E-state index in [1.54, 1.807) is 28.6 Å². The second-order valence-electron chi connectivity index (χ2n) is 13.4. The fourth-order valence-electron chi connectivity index (χ4n) is 7.87. The van der Waals surface area contributed by atoms with Gasteiger partial charge in [-0.2, -0.15) is 0 Å². The standard InChI is InChI=1S/C25H37S2.3C4H9.Sn/c1-5-9-11-19(7-3)17-25(18-20(8-4)12-10-6-2)21-13-15-26-23(21)24-22(25)14-16-27-24;3*1-3-4-2;/h13-15,19-20H,5-12,17-18H2,1-4H3;3*1,3-4H2,2H3;. The molecule has 2 heterocycles. The van der Waals surface area contributed by atoms with Crippen LogP contribution in [0.5, 0.6) is 0 Å². The molecule has 0 bridgehead atoms. The normalized spacial score (nSPS) is 18.2. The van der Waals surface area contributed by atoms with Crippen LogP contribution in [0.4, 0.5) is 0 Å². The Labute approximate surface area is 262 Å². The molecule has 3 heteroatoms. The maximum atomic E-state index is 2.93. The van der Waals surface area contributed by atoms with Crippen LogP contribution in [-0.2, 0) is 5.41 Å². The summed E-state index contributed by atoms with van der Waals surface area (Å²) in [6.07, 6.45) is 22.2. The number of hydrogen-bond donors (Lipinski definition) is 0. The third kappa shape index (κ3) is 8.02. The second-order valence-corrected chi connectivity index (χ2v) is 29.6. The zero-order valence-electron chi connectivity index (χ0n) is 27.6. The number of unbranched alkanes of at least 4 members (excludes halogenated alkanes) is 5. The van der Waals surface area contributed by atoms with E-state index >= 15 is 0 Å². The molecule has 2 aromatic heterocycles. The van der Waals surface area contributed by atoms with Crippen molar-refractivity contribution in [3.05, 3.63) is 28.6 Å². The maximum absolute atomic E-state index is 2.93. The fourth-order valence-corrected chi connectivity index (χ4v) is 29.4. The third-order valence-electron chi connectivity index (χ3n) is 10.5. The minimum atomic E-state index is -2.48. The Morgan fingerprint density at radius 1 is 0.650 bits per heavy atom. The summed E-state index contributed by atoms with van der Waals surface area (Å²) in [5, 5.41) is 2.45. The summed E-state index contributed by atoms with van der Waals surface area (Å²) in [6.45, 7) is 17.0. The number of rotatable bonds is 22. The Hall–Kier alpha value is 0.199. The summed E-state index contributed by atoms with van der Waals surface area (Å²) in [5.74, 6) is 1.69. The third-order valence-corrected chi connectivity index (χ3v) is 31.0. The van der Waals surface area contributed by atoms with Gasteiger partial charge >= 0.3 is 264 Å². The van der Waals surface area contributed by atoms with Crippen molar-refractivity contribution in [2.75, 3.05) is 0 Å². The Bertz CT molecular complexity index is 929. The minimum absolute atomic E-state index is 0.264. The molecule has 40 heavy (non-hydrogen) atoms. The van der Waals surface area contributed by atoms with Crippen LogP contribution < -0.4 is 2.89 Å². The van der Waals surface area contributed by atoms with Crippen LogP contribution in [0, 0.1) is 11.8 Å². The molecular formula is C37H64S2Sn. The Morgan fingerprint density at radius 3 is 1.60 bits per heavy atom. The molecule has 2 aromatic rings. The fraction of sp³-hybridized carbons (Fsp3) is 0.784. The molecule has 0 aliphatic heterocycles. The van der Waals surface area contributed by atoms with Gasteiger partial charge in [-0.1, -0.05) is 0 Å². The average Bonchev–Trinajstić information content (AvgIpc) is 3.69. The van der Waals surface area contributed by atoms with Crippen molar-refractivity contribution in [2.45, 2.75) is 170 Å². The van der Waals surface area contributed by atoms with E-state index in [1.165, 1.54) is 103 Å². The Kier molecular flexibility index (Phi) is 15.2. The molecule has 0 N–H and O–H groups in total. The van der Waals surface area contributed by atoms with Gasteiger partial charge in [0.1, 0.15) is 0 Å². The predicted octanol–water partition coefficient (Wildman–Crippen LogP) is 13.3. The van der Waals surface area contributed by atoms with Crippen LogP contribution in [-0.4, -0.2) is 18.4 Å². The zero-order valence-corrected chi connectivity index (χ0v) is 32.1. The molecule has 0 saturated carbocycles. The van der Waals surface area contributed by atoms with Crippen molar-refractivity contribution in [3.63, 3.8) is 0 Å². The second kappa shape index (κ2) is 17.5. The molecule has 3 rings (SSSR count). The number of fused-ring (bicyclic) bond motifs is 3. The summed E-state index contributed by atoms with van der Waals surface area (Å²) < 4.78 is 6.76. The summed E-state index contributed by atoms with van der Waals surface area (Å²) in [5.41, 5.74) is 3.83. The summed E-state index contributed by atoms with van der Waals surface area (Å²) in [4.78, 5) is 3.42. The molecule has 2 atom stereocenters. The molecule has 0 fully saturated rings. The van der Waals surface area contributed by atoms with E-state index in [0.29, 0.717) is 0 Å². The van der Waals surface area contributed by atoms with Gasteiger partial charge in [0.25, 0.3) is 0 Å². The Morgan fingerprint density at radius 2 is 1.15 bits per heavy atom. The van der Waals surface area contributed by atoms with E-state index in [9.17, 15) is 0 Å². The molecule has 2 unspecified atom stereocenters. The number of hydrogen-bond acceptors (Lipinski definition) is 2. The zero-order chi connectivity index (χ0) is 29.0. The van der Waals surface area contributed by atoms with E-state index in [0.717, 1.165) is 11.8 Å². The van der Waals surface area contributed by atoms with Crippen molar-refractivity contribution < 1.29 is 0 Å².